The fourth-order valence-electron chi connectivity index (χ4n) is 3.52. The van der Waals surface area contributed by atoms with Crippen LogP contribution in [-0.2, 0) is 9.59 Å². The Hall–Kier alpha value is -2.14. The van der Waals surface area contributed by atoms with Crippen molar-refractivity contribution in [1.82, 2.24) is 5.32 Å². The zero-order valence-electron chi connectivity index (χ0n) is 14.9. The van der Waals surface area contributed by atoms with Crippen molar-refractivity contribution in [1.29, 1.82) is 0 Å². The number of aryl methyl sites for hydroxylation is 2. The van der Waals surface area contributed by atoms with Crippen molar-refractivity contribution in [3.05, 3.63) is 41.5 Å². The van der Waals surface area contributed by atoms with E-state index in [2.05, 4.69) is 5.32 Å². The number of hydrogen-bond acceptors (Lipinski definition) is 3. The van der Waals surface area contributed by atoms with Gasteiger partial charge in [0.25, 0.3) is 0 Å². The molecule has 0 aromatic heterocycles. The third-order valence-electron chi connectivity index (χ3n) is 5.32. The Kier molecular flexibility index (Phi) is 5.23. The quantitative estimate of drug-likeness (QED) is 0.823. The zero-order valence-corrected chi connectivity index (χ0v) is 14.9. The molecule has 0 spiro atoms. The number of nitrogens with one attached hydrogen (secondary N) is 1. The summed E-state index contributed by atoms with van der Waals surface area (Å²) in [6.45, 7) is 4.61. The lowest BCUT2D eigenvalue weighted by molar-refractivity contribution is -0.127. The van der Waals surface area contributed by atoms with E-state index in [0.717, 1.165) is 17.7 Å². The number of anilines is 1. The van der Waals surface area contributed by atoms with Gasteiger partial charge >= 0.3 is 0 Å². The summed E-state index contributed by atoms with van der Waals surface area (Å²) in [5.74, 6) is 0.00846. The van der Waals surface area contributed by atoms with Crippen molar-refractivity contribution >= 4 is 17.5 Å². The Morgan fingerprint density at radius 1 is 1.28 bits per heavy atom. The molecule has 3 rings (SSSR count). The lowest BCUT2D eigenvalue weighted by atomic mass is 9.95. The maximum Gasteiger partial charge on any atom is 0.227 e. The minimum absolute atomic E-state index is 0.00502. The highest BCUT2D eigenvalue weighted by Crippen LogP contribution is 2.27. The number of piperidine rings is 1. The van der Waals surface area contributed by atoms with Crippen LogP contribution in [0.4, 0.5) is 5.69 Å². The molecule has 0 saturated carbocycles. The molecule has 1 aliphatic carbocycles. The van der Waals surface area contributed by atoms with Gasteiger partial charge in [0.05, 0.1) is 5.92 Å². The van der Waals surface area contributed by atoms with Crippen LogP contribution in [0.3, 0.4) is 0 Å². The van der Waals surface area contributed by atoms with Crippen LogP contribution in [0.25, 0.3) is 0 Å². The third kappa shape index (κ3) is 3.93. The van der Waals surface area contributed by atoms with E-state index in [1.807, 2.05) is 44.2 Å². The van der Waals surface area contributed by atoms with Crippen LogP contribution in [0.15, 0.2) is 30.4 Å². The van der Waals surface area contributed by atoms with E-state index in [1.54, 1.807) is 4.90 Å². The second-order valence-corrected chi connectivity index (χ2v) is 7.19. The molecule has 5 heteroatoms. The summed E-state index contributed by atoms with van der Waals surface area (Å²) in [7, 11) is 0. The summed E-state index contributed by atoms with van der Waals surface area (Å²) in [4.78, 5) is 26.7. The van der Waals surface area contributed by atoms with E-state index in [4.69, 9.17) is 0 Å². The van der Waals surface area contributed by atoms with E-state index in [9.17, 15) is 14.7 Å². The predicted octanol–water partition coefficient (Wildman–Crippen LogP) is 2.10. The molecule has 25 heavy (non-hydrogen) atoms. The van der Waals surface area contributed by atoms with Gasteiger partial charge in [-0.15, -0.1) is 0 Å². The maximum atomic E-state index is 12.6. The molecular weight excluding hydrogens is 316 g/mol. The molecule has 3 atom stereocenters. The van der Waals surface area contributed by atoms with E-state index in [-0.39, 0.29) is 36.3 Å². The molecule has 2 amide bonds. The standard InChI is InChI=1S/C20H26N2O3/c1-13-3-7-18(9-14(13)2)22-11-16(5-8-19(22)24)20(25)21-17-6-4-15(10-17)12-23/h3-4,6-7,9,15-17,23H,5,8,10-12H2,1-2H3,(H,21,25)/t15-,16?,17+/m0/s1. The largest absolute Gasteiger partial charge is 0.396 e. The Balaban J connectivity index is 1.65. The zero-order chi connectivity index (χ0) is 18.0. The first-order valence-corrected chi connectivity index (χ1v) is 8.95. The number of nitrogens with zero attached hydrogens (tertiary/aromatic N) is 1. The number of carbonyl (C=O) groups excluding carboxylic acids is 2. The molecule has 1 heterocycles. The van der Waals surface area contributed by atoms with Gasteiger partial charge < -0.3 is 15.3 Å². The van der Waals surface area contributed by atoms with Crippen LogP contribution in [0.5, 0.6) is 0 Å². The summed E-state index contributed by atoms with van der Waals surface area (Å²) in [6, 6.07) is 5.96. The minimum Gasteiger partial charge on any atom is -0.396 e. The smallest absolute Gasteiger partial charge is 0.227 e. The van der Waals surface area contributed by atoms with Crippen molar-refractivity contribution in [3.63, 3.8) is 0 Å². The van der Waals surface area contributed by atoms with Crippen LogP contribution in [0.2, 0.25) is 0 Å². The highest BCUT2D eigenvalue weighted by Gasteiger charge is 2.32. The molecule has 0 bridgehead atoms. The van der Waals surface area contributed by atoms with Gasteiger partial charge in [0.15, 0.2) is 0 Å². The number of amides is 2. The fraction of sp³-hybridized carbons (Fsp3) is 0.500. The molecular formula is C20H26N2O3. The van der Waals surface area contributed by atoms with E-state index in [1.165, 1.54) is 5.56 Å². The second-order valence-electron chi connectivity index (χ2n) is 7.19. The van der Waals surface area contributed by atoms with Gasteiger partial charge in [-0.1, -0.05) is 18.2 Å². The van der Waals surface area contributed by atoms with E-state index in [0.29, 0.717) is 19.4 Å². The SMILES string of the molecule is Cc1ccc(N2CC(C(=O)N[C@@H]3C=C[C@H](CO)C3)CCC2=O)cc1C. The number of hydrogen-bond donors (Lipinski definition) is 2. The van der Waals surface area contributed by atoms with Gasteiger partial charge in [-0.3, -0.25) is 9.59 Å². The predicted molar refractivity (Wildman–Crippen MR) is 97.3 cm³/mol. The average molecular weight is 342 g/mol. The molecule has 1 unspecified atom stereocenters. The molecule has 0 radical (unpaired) electrons. The molecule has 2 aliphatic rings. The molecule has 5 nitrogen and oxygen atoms in total. The van der Waals surface area contributed by atoms with Gasteiger partial charge in [-0.2, -0.15) is 0 Å². The first-order valence-electron chi connectivity index (χ1n) is 8.95. The van der Waals surface area contributed by atoms with Crippen molar-refractivity contribution in [2.45, 2.75) is 39.2 Å². The van der Waals surface area contributed by atoms with Gasteiger partial charge in [0, 0.05) is 37.2 Å². The summed E-state index contributed by atoms with van der Waals surface area (Å²) in [5.41, 5.74) is 3.20. The van der Waals surface area contributed by atoms with Crippen LogP contribution < -0.4 is 10.2 Å². The molecule has 1 saturated heterocycles. The Morgan fingerprint density at radius 2 is 2.08 bits per heavy atom. The number of carbonyl (C=O) groups is 2. The van der Waals surface area contributed by atoms with Gasteiger partial charge in [-0.05, 0) is 49.9 Å². The summed E-state index contributed by atoms with van der Waals surface area (Å²) >= 11 is 0. The van der Waals surface area contributed by atoms with E-state index >= 15 is 0 Å². The van der Waals surface area contributed by atoms with Crippen LogP contribution in [0.1, 0.15) is 30.4 Å². The number of aliphatic hydroxyl groups excluding tert-OH is 1. The molecule has 1 aromatic carbocycles. The molecule has 2 N–H and O–H groups in total. The van der Waals surface area contributed by atoms with Crippen molar-refractivity contribution < 1.29 is 14.7 Å². The van der Waals surface area contributed by atoms with Crippen LogP contribution >= 0.6 is 0 Å². The Morgan fingerprint density at radius 3 is 2.76 bits per heavy atom. The topological polar surface area (TPSA) is 69.6 Å². The van der Waals surface area contributed by atoms with Crippen LogP contribution in [0, 0.1) is 25.7 Å². The minimum atomic E-state index is -0.194. The highest BCUT2D eigenvalue weighted by molar-refractivity contribution is 5.96. The third-order valence-corrected chi connectivity index (χ3v) is 5.32. The Labute approximate surface area is 148 Å². The summed E-state index contributed by atoms with van der Waals surface area (Å²) < 4.78 is 0. The van der Waals surface area contributed by atoms with Crippen molar-refractivity contribution in [2.75, 3.05) is 18.1 Å². The number of aliphatic hydroxyl groups is 1. The van der Waals surface area contributed by atoms with Crippen molar-refractivity contribution in [3.8, 4) is 0 Å². The van der Waals surface area contributed by atoms with Gasteiger partial charge in [-0.25, -0.2) is 0 Å². The lowest BCUT2D eigenvalue weighted by Crippen LogP contribution is -2.47. The van der Waals surface area contributed by atoms with Gasteiger partial charge in [0.2, 0.25) is 11.8 Å². The first-order chi connectivity index (χ1) is 12.0. The highest BCUT2D eigenvalue weighted by atomic mass is 16.3. The summed E-state index contributed by atoms with van der Waals surface area (Å²) in [5, 5.41) is 12.2. The first kappa shape index (κ1) is 17.7. The molecule has 1 aromatic rings. The van der Waals surface area contributed by atoms with E-state index < -0.39 is 0 Å². The van der Waals surface area contributed by atoms with Gasteiger partial charge in [0.1, 0.15) is 0 Å². The average Bonchev–Trinajstić information content (AvgIpc) is 3.05. The second kappa shape index (κ2) is 7.40. The molecule has 134 valence electrons. The van der Waals surface area contributed by atoms with Crippen LogP contribution in [-0.4, -0.2) is 36.1 Å². The fourth-order valence-corrected chi connectivity index (χ4v) is 3.52. The maximum absolute atomic E-state index is 12.6. The molecule has 1 fully saturated rings. The summed E-state index contributed by atoms with van der Waals surface area (Å²) in [6.07, 6.45) is 5.63. The monoisotopic (exact) mass is 342 g/mol. The number of benzene rings is 1. The Bertz CT molecular complexity index is 698. The normalized spacial score (nSPS) is 26.1. The van der Waals surface area contributed by atoms with Crippen molar-refractivity contribution in [2.24, 2.45) is 11.8 Å². The number of rotatable bonds is 4. The molecule has 1 aliphatic heterocycles. The lowest BCUT2D eigenvalue weighted by Gasteiger charge is -2.32.